The fourth-order valence-electron chi connectivity index (χ4n) is 1.94. The van der Waals surface area contributed by atoms with E-state index in [2.05, 4.69) is 36.9 Å². The van der Waals surface area contributed by atoms with Gasteiger partial charge in [-0.3, -0.25) is 4.90 Å². The second kappa shape index (κ2) is 4.13. The monoisotopic (exact) mass is 180 g/mol. The minimum absolute atomic E-state index is 0.0945. The summed E-state index contributed by atoms with van der Waals surface area (Å²) in [5, 5.41) is 3.40. The SMILES string of the molecule is C#CC(C)(C)N1CCNCC1CC. The standard InChI is InChI=1S/C11H20N2/c1-5-10-9-12-7-8-13(10)11(3,4)6-2/h2,10,12H,5,7-9H2,1,3-4H3. The molecule has 13 heavy (non-hydrogen) atoms. The van der Waals surface area contributed by atoms with Gasteiger partial charge in [0.25, 0.3) is 0 Å². The van der Waals surface area contributed by atoms with Gasteiger partial charge in [-0.25, -0.2) is 0 Å². The Morgan fingerprint density at radius 3 is 2.85 bits per heavy atom. The average molecular weight is 180 g/mol. The molecule has 1 aliphatic rings. The number of terminal acetylenes is 1. The highest BCUT2D eigenvalue weighted by atomic mass is 15.3. The highest BCUT2D eigenvalue weighted by Crippen LogP contribution is 2.19. The Hall–Kier alpha value is -0.520. The lowest BCUT2D eigenvalue weighted by atomic mass is 9.98. The predicted octanol–water partition coefficient (Wildman–Crippen LogP) is 1.08. The van der Waals surface area contributed by atoms with Crippen LogP contribution in [0.1, 0.15) is 27.2 Å². The number of hydrogen-bond donors (Lipinski definition) is 1. The first-order chi connectivity index (χ1) is 6.11. The van der Waals surface area contributed by atoms with Crippen molar-refractivity contribution in [1.82, 2.24) is 10.2 Å². The Morgan fingerprint density at radius 1 is 1.62 bits per heavy atom. The number of rotatable bonds is 2. The van der Waals surface area contributed by atoms with Gasteiger partial charge in [-0.2, -0.15) is 0 Å². The summed E-state index contributed by atoms with van der Waals surface area (Å²) in [5.74, 6) is 2.87. The summed E-state index contributed by atoms with van der Waals surface area (Å²) in [6, 6.07) is 0.597. The van der Waals surface area contributed by atoms with Crippen LogP contribution < -0.4 is 5.32 Å². The van der Waals surface area contributed by atoms with Crippen molar-refractivity contribution in [2.24, 2.45) is 0 Å². The van der Waals surface area contributed by atoms with Crippen molar-refractivity contribution in [3.63, 3.8) is 0 Å². The van der Waals surface area contributed by atoms with Crippen LogP contribution in [0, 0.1) is 12.3 Å². The molecule has 1 aliphatic heterocycles. The average Bonchev–Trinajstić information content (AvgIpc) is 2.18. The molecule has 1 rings (SSSR count). The summed E-state index contributed by atoms with van der Waals surface area (Å²) in [6.07, 6.45) is 6.71. The third-order valence-electron chi connectivity index (χ3n) is 2.89. The van der Waals surface area contributed by atoms with Crippen molar-refractivity contribution in [2.75, 3.05) is 19.6 Å². The molecule has 0 bridgehead atoms. The second-order valence-electron chi connectivity index (χ2n) is 4.16. The summed E-state index contributed by atoms with van der Waals surface area (Å²) in [4.78, 5) is 2.43. The van der Waals surface area contributed by atoms with Gasteiger partial charge in [-0.05, 0) is 20.3 Å². The zero-order chi connectivity index (χ0) is 9.90. The summed E-state index contributed by atoms with van der Waals surface area (Å²) >= 11 is 0. The van der Waals surface area contributed by atoms with Crippen molar-refractivity contribution < 1.29 is 0 Å². The Balaban J connectivity index is 2.70. The zero-order valence-electron chi connectivity index (χ0n) is 8.93. The van der Waals surface area contributed by atoms with Crippen LogP contribution in [0.5, 0.6) is 0 Å². The van der Waals surface area contributed by atoms with Gasteiger partial charge < -0.3 is 5.32 Å². The van der Waals surface area contributed by atoms with Crippen molar-refractivity contribution in [1.29, 1.82) is 0 Å². The van der Waals surface area contributed by atoms with E-state index in [-0.39, 0.29) is 5.54 Å². The summed E-state index contributed by atoms with van der Waals surface area (Å²) in [7, 11) is 0. The Labute approximate surface area is 81.7 Å². The minimum atomic E-state index is -0.0945. The van der Waals surface area contributed by atoms with E-state index in [4.69, 9.17) is 6.42 Å². The molecule has 2 nitrogen and oxygen atoms in total. The van der Waals surface area contributed by atoms with Crippen LogP contribution in [-0.2, 0) is 0 Å². The minimum Gasteiger partial charge on any atom is -0.314 e. The van der Waals surface area contributed by atoms with Crippen LogP contribution in [0.4, 0.5) is 0 Å². The van der Waals surface area contributed by atoms with Gasteiger partial charge in [-0.1, -0.05) is 12.8 Å². The fraction of sp³-hybridized carbons (Fsp3) is 0.818. The molecule has 0 aromatic carbocycles. The molecule has 0 amide bonds. The van der Waals surface area contributed by atoms with E-state index >= 15 is 0 Å². The zero-order valence-corrected chi connectivity index (χ0v) is 8.93. The lowest BCUT2D eigenvalue weighted by Gasteiger charge is -2.43. The number of nitrogens with one attached hydrogen (secondary N) is 1. The molecule has 0 spiro atoms. The van der Waals surface area contributed by atoms with Crippen molar-refractivity contribution in [3.05, 3.63) is 0 Å². The maximum Gasteiger partial charge on any atom is 0.0769 e. The molecule has 1 fully saturated rings. The third kappa shape index (κ3) is 2.24. The van der Waals surface area contributed by atoms with E-state index < -0.39 is 0 Å². The number of nitrogens with zero attached hydrogens (tertiary/aromatic N) is 1. The molecule has 0 aromatic rings. The molecule has 0 radical (unpaired) electrons. The maximum absolute atomic E-state index is 5.54. The lowest BCUT2D eigenvalue weighted by Crippen LogP contribution is -2.58. The topological polar surface area (TPSA) is 15.3 Å². The van der Waals surface area contributed by atoms with Crippen LogP contribution in [0.3, 0.4) is 0 Å². The summed E-state index contributed by atoms with van der Waals surface area (Å²) < 4.78 is 0. The van der Waals surface area contributed by atoms with Gasteiger partial charge in [0.15, 0.2) is 0 Å². The normalized spacial score (nSPS) is 25.5. The Kier molecular flexibility index (Phi) is 3.35. The molecule has 1 atom stereocenters. The second-order valence-corrected chi connectivity index (χ2v) is 4.16. The first-order valence-corrected chi connectivity index (χ1v) is 5.07. The maximum atomic E-state index is 5.54. The first kappa shape index (κ1) is 10.6. The largest absolute Gasteiger partial charge is 0.314 e. The van der Waals surface area contributed by atoms with Crippen LogP contribution in [-0.4, -0.2) is 36.1 Å². The highest BCUT2D eigenvalue weighted by molar-refractivity contribution is 5.10. The molecule has 1 unspecified atom stereocenters. The summed E-state index contributed by atoms with van der Waals surface area (Å²) in [5.41, 5.74) is -0.0945. The smallest absolute Gasteiger partial charge is 0.0769 e. The number of piperazine rings is 1. The van der Waals surface area contributed by atoms with Gasteiger partial charge in [0.05, 0.1) is 5.54 Å². The molecule has 2 heteroatoms. The van der Waals surface area contributed by atoms with E-state index in [1.165, 1.54) is 0 Å². The van der Waals surface area contributed by atoms with Crippen molar-refractivity contribution in [3.8, 4) is 12.3 Å². The van der Waals surface area contributed by atoms with Crippen LogP contribution in [0.15, 0.2) is 0 Å². The third-order valence-corrected chi connectivity index (χ3v) is 2.89. The number of hydrogen-bond acceptors (Lipinski definition) is 2. The molecule has 1 heterocycles. The van der Waals surface area contributed by atoms with Crippen LogP contribution >= 0.6 is 0 Å². The van der Waals surface area contributed by atoms with Gasteiger partial charge in [0.1, 0.15) is 0 Å². The predicted molar refractivity (Wildman–Crippen MR) is 56.6 cm³/mol. The Bertz CT molecular complexity index is 203. The van der Waals surface area contributed by atoms with E-state index in [9.17, 15) is 0 Å². The van der Waals surface area contributed by atoms with E-state index in [0.29, 0.717) is 6.04 Å². The van der Waals surface area contributed by atoms with Gasteiger partial charge >= 0.3 is 0 Å². The van der Waals surface area contributed by atoms with E-state index in [0.717, 1.165) is 26.1 Å². The molecule has 0 aliphatic carbocycles. The van der Waals surface area contributed by atoms with Crippen molar-refractivity contribution in [2.45, 2.75) is 38.8 Å². The van der Waals surface area contributed by atoms with Gasteiger partial charge in [-0.15, -0.1) is 6.42 Å². The van der Waals surface area contributed by atoms with Crippen LogP contribution in [0.25, 0.3) is 0 Å². The molecule has 0 aromatic heterocycles. The Morgan fingerprint density at radius 2 is 2.31 bits per heavy atom. The van der Waals surface area contributed by atoms with Crippen LogP contribution in [0.2, 0.25) is 0 Å². The quantitative estimate of drug-likeness (QED) is 0.640. The van der Waals surface area contributed by atoms with Gasteiger partial charge in [0.2, 0.25) is 0 Å². The van der Waals surface area contributed by atoms with E-state index in [1.54, 1.807) is 0 Å². The first-order valence-electron chi connectivity index (χ1n) is 5.07. The molecule has 1 saturated heterocycles. The fourth-order valence-corrected chi connectivity index (χ4v) is 1.94. The summed E-state index contributed by atoms with van der Waals surface area (Å²) in [6.45, 7) is 9.66. The molecule has 0 saturated carbocycles. The van der Waals surface area contributed by atoms with E-state index in [1.807, 2.05) is 0 Å². The highest BCUT2D eigenvalue weighted by Gasteiger charge is 2.31. The van der Waals surface area contributed by atoms with Crippen molar-refractivity contribution >= 4 is 0 Å². The molecule has 74 valence electrons. The lowest BCUT2D eigenvalue weighted by molar-refractivity contribution is 0.0830. The van der Waals surface area contributed by atoms with Gasteiger partial charge in [0, 0.05) is 25.7 Å². The molecule has 1 N–H and O–H groups in total. The molecular weight excluding hydrogens is 160 g/mol. The molecular formula is C11H20N2.